The van der Waals surface area contributed by atoms with Crippen LogP contribution in [0.3, 0.4) is 0 Å². The minimum atomic E-state index is -0.581. The van der Waals surface area contributed by atoms with Crippen LogP contribution in [0.2, 0.25) is 0 Å². The van der Waals surface area contributed by atoms with Crippen molar-refractivity contribution >= 4 is 27.4 Å². The molecule has 0 fully saturated rings. The maximum Gasteiger partial charge on any atom is 0.191 e. The predicted molar refractivity (Wildman–Crippen MR) is 113 cm³/mol. The first kappa shape index (κ1) is 19.2. The average Bonchev–Trinajstić information content (AvgIpc) is 3.13. The summed E-state index contributed by atoms with van der Waals surface area (Å²) in [5.74, 6) is 1.51. The number of aliphatic hydroxyl groups excluding tert-OH is 1. The second kappa shape index (κ2) is 9.39. The van der Waals surface area contributed by atoms with E-state index in [-0.39, 0.29) is 0 Å². The first-order chi connectivity index (χ1) is 13.2. The molecule has 27 heavy (non-hydrogen) atoms. The van der Waals surface area contributed by atoms with Crippen molar-refractivity contribution in [3.8, 4) is 5.75 Å². The first-order valence-corrected chi connectivity index (χ1v) is 9.84. The molecule has 0 aliphatic heterocycles. The highest BCUT2D eigenvalue weighted by Crippen LogP contribution is 2.29. The highest BCUT2D eigenvalue weighted by Gasteiger charge is 2.12. The third-order valence-corrected chi connectivity index (χ3v) is 5.35. The van der Waals surface area contributed by atoms with Crippen LogP contribution < -0.4 is 15.4 Å². The Morgan fingerprint density at radius 3 is 2.78 bits per heavy atom. The van der Waals surface area contributed by atoms with Crippen LogP contribution >= 0.6 is 11.3 Å². The number of hydrogen-bond acceptors (Lipinski definition) is 4. The molecule has 0 bridgehead atoms. The van der Waals surface area contributed by atoms with E-state index in [2.05, 4.69) is 27.8 Å². The average molecular weight is 384 g/mol. The monoisotopic (exact) mass is 383 g/mol. The van der Waals surface area contributed by atoms with E-state index < -0.39 is 6.10 Å². The molecule has 1 atom stereocenters. The smallest absolute Gasteiger partial charge is 0.191 e. The molecule has 3 N–H and O–H groups in total. The number of guanidine groups is 1. The fraction of sp³-hybridized carbons (Fsp3) is 0.286. The van der Waals surface area contributed by atoms with Crippen molar-refractivity contribution in [2.24, 2.45) is 4.99 Å². The molecule has 5 nitrogen and oxygen atoms in total. The fourth-order valence-corrected chi connectivity index (χ4v) is 3.83. The van der Waals surface area contributed by atoms with Crippen LogP contribution in [0.25, 0.3) is 10.1 Å². The summed E-state index contributed by atoms with van der Waals surface area (Å²) in [5.41, 5.74) is 1.11. The summed E-state index contributed by atoms with van der Waals surface area (Å²) in [7, 11) is 1.72. The van der Waals surface area contributed by atoms with Crippen molar-refractivity contribution in [1.82, 2.24) is 10.6 Å². The van der Waals surface area contributed by atoms with Gasteiger partial charge in [-0.2, -0.15) is 0 Å². The quantitative estimate of drug-likeness (QED) is 0.430. The third-order valence-electron chi connectivity index (χ3n) is 4.13. The number of aliphatic hydroxyl groups is 1. The van der Waals surface area contributed by atoms with Gasteiger partial charge in [0.2, 0.25) is 0 Å². The second-order valence-electron chi connectivity index (χ2n) is 6.09. The molecular weight excluding hydrogens is 358 g/mol. The van der Waals surface area contributed by atoms with Gasteiger partial charge < -0.3 is 20.5 Å². The van der Waals surface area contributed by atoms with Crippen LogP contribution in [0, 0.1) is 0 Å². The molecule has 2 aromatic carbocycles. The summed E-state index contributed by atoms with van der Waals surface area (Å²) in [6, 6.07) is 18.2. The molecule has 1 aromatic heterocycles. The maximum atomic E-state index is 10.5. The molecule has 3 aromatic rings. The number of benzene rings is 2. The Hall–Kier alpha value is -2.57. The molecule has 1 heterocycles. The minimum Gasteiger partial charge on any atom is -0.494 e. The van der Waals surface area contributed by atoms with Gasteiger partial charge in [-0.25, -0.2) is 0 Å². The Morgan fingerprint density at radius 1 is 1.15 bits per heavy atom. The fourth-order valence-electron chi connectivity index (χ4n) is 2.78. The number of rotatable bonds is 7. The molecule has 0 aliphatic carbocycles. The zero-order valence-corrected chi connectivity index (χ0v) is 16.4. The Labute approximate surface area is 163 Å². The number of hydrogen-bond donors (Lipinski definition) is 3. The summed E-state index contributed by atoms with van der Waals surface area (Å²) in [6.07, 6.45) is -0.581. The van der Waals surface area contributed by atoms with E-state index in [0.29, 0.717) is 25.7 Å². The number of ether oxygens (including phenoxy) is 1. The van der Waals surface area contributed by atoms with Crippen molar-refractivity contribution < 1.29 is 9.84 Å². The lowest BCUT2D eigenvalue weighted by Gasteiger charge is -2.15. The topological polar surface area (TPSA) is 65.9 Å². The molecule has 0 aliphatic rings. The summed E-state index contributed by atoms with van der Waals surface area (Å²) in [5, 5.41) is 18.1. The summed E-state index contributed by atoms with van der Waals surface area (Å²) < 4.78 is 6.71. The van der Waals surface area contributed by atoms with Gasteiger partial charge in [0, 0.05) is 29.7 Å². The molecule has 0 saturated heterocycles. The molecule has 0 amide bonds. The van der Waals surface area contributed by atoms with E-state index in [1.165, 1.54) is 4.70 Å². The lowest BCUT2D eigenvalue weighted by Crippen LogP contribution is -2.38. The molecule has 0 saturated carbocycles. The number of nitrogens with zero attached hydrogens (tertiary/aromatic N) is 1. The van der Waals surface area contributed by atoms with Crippen molar-refractivity contribution in [2.75, 3.05) is 20.2 Å². The van der Waals surface area contributed by atoms with Crippen molar-refractivity contribution in [3.63, 3.8) is 0 Å². The van der Waals surface area contributed by atoms with E-state index in [0.717, 1.165) is 21.6 Å². The molecule has 142 valence electrons. The largest absolute Gasteiger partial charge is 0.494 e. The van der Waals surface area contributed by atoms with Crippen LogP contribution in [-0.2, 0) is 6.54 Å². The SMILES string of the molecule is CCOc1cccc(CNC(=NC)NCC(O)c2cc3ccccc3s2)c1. The van der Waals surface area contributed by atoms with Crippen LogP contribution in [-0.4, -0.2) is 31.3 Å². The molecule has 6 heteroatoms. The van der Waals surface area contributed by atoms with E-state index in [4.69, 9.17) is 4.74 Å². The van der Waals surface area contributed by atoms with Crippen LogP contribution in [0.15, 0.2) is 59.6 Å². The summed E-state index contributed by atoms with van der Waals surface area (Å²) in [6.45, 7) is 3.64. The molecule has 1 unspecified atom stereocenters. The molecular formula is C21H25N3O2S. The standard InChI is InChI=1S/C21H25N3O2S/c1-3-26-17-9-6-7-15(11-17)13-23-21(22-2)24-14-18(25)20-12-16-8-4-5-10-19(16)27-20/h4-12,18,25H,3,13-14H2,1-2H3,(H2,22,23,24). The van der Waals surface area contributed by atoms with Gasteiger partial charge in [0.05, 0.1) is 6.61 Å². The highest BCUT2D eigenvalue weighted by atomic mass is 32.1. The van der Waals surface area contributed by atoms with Crippen LogP contribution in [0.4, 0.5) is 0 Å². The van der Waals surface area contributed by atoms with Crippen molar-refractivity contribution in [2.45, 2.75) is 19.6 Å². The third kappa shape index (κ3) is 5.21. The summed E-state index contributed by atoms with van der Waals surface area (Å²) in [4.78, 5) is 5.17. The van der Waals surface area contributed by atoms with Crippen molar-refractivity contribution in [3.05, 3.63) is 65.0 Å². The van der Waals surface area contributed by atoms with E-state index in [1.807, 2.05) is 49.4 Å². The highest BCUT2D eigenvalue weighted by molar-refractivity contribution is 7.19. The predicted octanol–water partition coefficient (Wildman–Crippen LogP) is 3.70. The van der Waals surface area contributed by atoms with Crippen LogP contribution in [0.1, 0.15) is 23.5 Å². The lowest BCUT2D eigenvalue weighted by atomic mass is 10.2. The zero-order valence-electron chi connectivity index (χ0n) is 15.6. The lowest BCUT2D eigenvalue weighted by molar-refractivity contribution is 0.184. The maximum absolute atomic E-state index is 10.5. The van der Waals surface area contributed by atoms with Crippen molar-refractivity contribution in [1.29, 1.82) is 0 Å². The Balaban J connectivity index is 1.53. The van der Waals surface area contributed by atoms with Crippen LogP contribution in [0.5, 0.6) is 5.75 Å². The number of fused-ring (bicyclic) bond motifs is 1. The van der Waals surface area contributed by atoms with Gasteiger partial charge in [0.15, 0.2) is 5.96 Å². The molecule has 0 spiro atoms. The van der Waals surface area contributed by atoms with Gasteiger partial charge in [-0.1, -0.05) is 30.3 Å². The van der Waals surface area contributed by atoms with E-state index in [1.54, 1.807) is 18.4 Å². The Kier molecular flexibility index (Phi) is 6.68. The summed E-state index contributed by atoms with van der Waals surface area (Å²) >= 11 is 1.62. The molecule has 3 rings (SSSR count). The Morgan fingerprint density at radius 2 is 2.00 bits per heavy atom. The number of aliphatic imine (C=N–C) groups is 1. The Bertz CT molecular complexity index is 874. The second-order valence-corrected chi connectivity index (χ2v) is 7.20. The minimum absolute atomic E-state index is 0.394. The normalized spacial score (nSPS) is 12.8. The van der Waals surface area contributed by atoms with Gasteiger partial charge >= 0.3 is 0 Å². The van der Waals surface area contributed by atoms with E-state index >= 15 is 0 Å². The van der Waals surface area contributed by atoms with Gasteiger partial charge in [0.25, 0.3) is 0 Å². The van der Waals surface area contributed by atoms with E-state index in [9.17, 15) is 5.11 Å². The van der Waals surface area contributed by atoms with Gasteiger partial charge in [-0.3, -0.25) is 4.99 Å². The van der Waals surface area contributed by atoms with Gasteiger partial charge in [-0.15, -0.1) is 11.3 Å². The van der Waals surface area contributed by atoms with Gasteiger partial charge in [-0.05, 0) is 42.1 Å². The first-order valence-electron chi connectivity index (χ1n) is 9.02. The molecule has 0 radical (unpaired) electrons. The number of nitrogens with one attached hydrogen (secondary N) is 2. The van der Waals surface area contributed by atoms with Gasteiger partial charge in [0.1, 0.15) is 11.9 Å². The number of thiophene rings is 1. The zero-order chi connectivity index (χ0) is 19.1.